The van der Waals surface area contributed by atoms with Gasteiger partial charge in [-0.1, -0.05) is 94.3 Å². The third-order valence-electron chi connectivity index (χ3n) is 6.14. The van der Waals surface area contributed by atoms with Crippen LogP contribution in [0.25, 0.3) is 11.1 Å². The molecule has 192 valence electrons. The van der Waals surface area contributed by atoms with Gasteiger partial charge in [-0.05, 0) is 29.9 Å². The number of hydrogen-bond acceptors (Lipinski definition) is 5. The van der Waals surface area contributed by atoms with E-state index in [0.29, 0.717) is 24.0 Å². The number of aliphatic hydroxyl groups excluding tert-OH is 1. The van der Waals surface area contributed by atoms with Crippen LogP contribution in [-0.2, 0) is 16.1 Å². The van der Waals surface area contributed by atoms with Crippen LogP contribution >= 0.6 is 0 Å². The van der Waals surface area contributed by atoms with Gasteiger partial charge in [-0.15, -0.1) is 0 Å². The molecule has 2 amide bonds. The zero-order valence-corrected chi connectivity index (χ0v) is 21.2. The first-order chi connectivity index (χ1) is 17.3. The Morgan fingerprint density at radius 1 is 0.972 bits per heavy atom. The number of ether oxygens (including phenoxy) is 1. The van der Waals surface area contributed by atoms with Gasteiger partial charge in [-0.25, -0.2) is 4.79 Å². The summed E-state index contributed by atoms with van der Waals surface area (Å²) in [5.41, 5.74) is 2.29. The van der Waals surface area contributed by atoms with Gasteiger partial charge >= 0.3 is 6.09 Å². The van der Waals surface area contributed by atoms with Gasteiger partial charge in [0.2, 0.25) is 5.91 Å². The van der Waals surface area contributed by atoms with Crippen LogP contribution in [-0.4, -0.2) is 29.2 Å². The molecular formula is C29H36N2O5. The number of alkyl carbamates (subject to hydrolysis) is 1. The van der Waals surface area contributed by atoms with Crippen LogP contribution in [0, 0.1) is 5.92 Å². The summed E-state index contributed by atoms with van der Waals surface area (Å²) in [5, 5.41) is 16.7. The summed E-state index contributed by atoms with van der Waals surface area (Å²) in [7, 11) is 0. The van der Waals surface area contributed by atoms with Gasteiger partial charge in [0.25, 0.3) is 0 Å². The van der Waals surface area contributed by atoms with E-state index in [2.05, 4.69) is 10.6 Å². The minimum Gasteiger partial charge on any atom is -0.445 e. The van der Waals surface area contributed by atoms with Crippen molar-refractivity contribution in [1.82, 2.24) is 10.6 Å². The highest BCUT2D eigenvalue weighted by molar-refractivity contribution is 5.86. The first-order valence-corrected chi connectivity index (χ1v) is 12.6. The maximum Gasteiger partial charge on any atom is 0.408 e. The van der Waals surface area contributed by atoms with E-state index >= 15 is 0 Å². The van der Waals surface area contributed by atoms with Crippen LogP contribution < -0.4 is 16.1 Å². The summed E-state index contributed by atoms with van der Waals surface area (Å²) in [6, 6.07) is 17.0. The van der Waals surface area contributed by atoms with E-state index in [9.17, 15) is 19.5 Å². The monoisotopic (exact) mass is 492 g/mol. The molecule has 0 fully saturated rings. The molecule has 7 heteroatoms. The molecule has 0 radical (unpaired) electrons. The summed E-state index contributed by atoms with van der Waals surface area (Å²) < 4.78 is 5.30. The summed E-state index contributed by atoms with van der Waals surface area (Å²) in [4.78, 5) is 38.2. The lowest BCUT2D eigenvalue weighted by molar-refractivity contribution is -0.125. The summed E-state index contributed by atoms with van der Waals surface area (Å²) in [6.07, 6.45) is 0.752. The minimum absolute atomic E-state index is 0.0963. The van der Waals surface area contributed by atoms with E-state index in [1.54, 1.807) is 0 Å². The second kappa shape index (κ2) is 13.0. The second-order valence-corrected chi connectivity index (χ2v) is 9.57. The highest BCUT2D eigenvalue weighted by Crippen LogP contribution is 2.33. The van der Waals surface area contributed by atoms with Crippen LogP contribution in [0.1, 0.15) is 63.7 Å². The van der Waals surface area contributed by atoms with E-state index in [1.807, 2.05) is 81.4 Å². The molecule has 7 nitrogen and oxygen atoms in total. The largest absolute Gasteiger partial charge is 0.445 e. The summed E-state index contributed by atoms with van der Waals surface area (Å²) >= 11 is 0. The first kappa shape index (κ1) is 27.1. The molecule has 3 aromatic carbocycles. The lowest BCUT2D eigenvalue weighted by atomic mass is 9.99. The number of amides is 2. The number of unbranched alkanes of at least 4 members (excludes halogenated alkanes) is 1. The molecule has 36 heavy (non-hydrogen) atoms. The van der Waals surface area contributed by atoms with Crippen molar-refractivity contribution in [3.05, 3.63) is 82.0 Å². The second-order valence-electron chi connectivity index (χ2n) is 9.57. The molecule has 0 aliphatic rings. The van der Waals surface area contributed by atoms with Gasteiger partial charge in [0, 0.05) is 11.1 Å². The molecule has 0 spiro atoms. The predicted molar refractivity (Wildman–Crippen MR) is 140 cm³/mol. The molecule has 1 unspecified atom stereocenters. The van der Waals surface area contributed by atoms with Crippen molar-refractivity contribution in [2.24, 2.45) is 5.92 Å². The topological polar surface area (TPSA) is 105 Å². The number of rotatable bonds is 13. The van der Waals surface area contributed by atoms with Crippen molar-refractivity contribution >= 4 is 12.0 Å². The Hall–Kier alpha value is -3.45. The fraction of sp³-hybridized carbons (Fsp3) is 0.414. The molecule has 0 saturated heterocycles. The third-order valence-corrected chi connectivity index (χ3v) is 6.14. The average molecular weight is 493 g/mol. The number of aliphatic hydroxyl groups is 1. The van der Waals surface area contributed by atoms with E-state index in [0.717, 1.165) is 24.0 Å². The Morgan fingerprint density at radius 2 is 1.61 bits per heavy atom. The average Bonchev–Trinajstić information content (AvgIpc) is 3.55. The molecule has 3 N–H and O–H groups in total. The van der Waals surface area contributed by atoms with Gasteiger partial charge in [0.15, 0.2) is 5.43 Å². The summed E-state index contributed by atoms with van der Waals surface area (Å²) in [5.74, 6) is -0.276. The number of hydrogen-bond donors (Lipinski definition) is 3. The highest BCUT2D eigenvalue weighted by Gasteiger charge is 2.36. The van der Waals surface area contributed by atoms with Gasteiger partial charge in [0.1, 0.15) is 18.8 Å². The Bertz CT molecular complexity index is 1120. The van der Waals surface area contributed by atoms with Crippen LogP contribution in [0.15, 0.2) is 65.5 Å². The van der Waals surface area contributed by atoms with Crippen molar-refractivity contribution in [3.8, 4) is 11.1 Å². The molecule has 0 bridgehead atoms. The van der Waals surface area contributed by atoms with Gasteiger partial charge in [-0.3, -0.25) is 9.59 Å². The molecule has 0 heterocycles. The van der Waals surface area contributed by atoms with Crippen molar-refractivity contribution in [1.29, 1.82) is 0 Å². The van der Waals surface area contributed by atoms with Crippen LogP contribution in [0.5, 0.6) is 0 Å². The van der Waals surface area contributed by atoms with E-state index < -0.39 is 30.2 Å². The molecule has 0 aromatic heterocycles. The van der Waals surface area contributed by atoms with Crippen molar-refractivity contribution in [3.63, 3.8) is 0 Å². The minimum atomic E-state index is -1.12. The molecular weight excluding hydrogens is 456 g/mol. The van der Waals surface area contributed by atoms with E-state index in [-0.39, 0.29) is 18.0 Å². The SMILES string of the molecule is CCCC[C@H](NC(=O)[C@H](CC(C)C)NC(=O)OCc1ccccc1)C(O)c1c(-c2ccccc2)c1=O. The van der Waals surface area contributed by atoms with Crippen LogP contribution in [0.3, 0.4) is 0 Å². The van der Waals surface area contributed by atoms with Gasteiger partial charge < -0.3 is 20.5 Å². The van der Waals surface area contributed by atoms with E-state index in [1.165, 1.54) is 0 Å². The molecule has 0 aliphatic heterocycles. The Morgan fingerprint density at radius 3 is 2.22 bits per heavy atom. The highest BCUT2D eigenvalue weighted by atomic mass is 16.5. The number of nitrogens with one attached hydrogen (secondary N) is 2. The summed E-state index contributed by atoms with van der Waals surface area (Å²) in [6.45, 7) is 6.04. The fourth-order valence-corrected chi connectivity index (χ4v) is 4.18. The zero-order valence-electron chi connectivity index (χ0n) is 21.2. The van der Waals surface area contributed by atoms with Crippen molar-refractivity contribution in [2.45, 2.75) is 71.2 Å². The maximum absolute atomic E-state index is 13.2. The van der Waals surface area contributed by atoms with Crippen LogP contribution in [0.2, 0.25) is 0 Å². The first-order valence-electron chi connectivity index (χ1n) is 12.6. The molecule has 3 atom stereocenters. The predicted octanol–water partition coefficient (Wildman–Crippen LogP) is 4.64. The Kier molecular flexibility index (Phi) is 9.82. The third kappa shape index (κ3) is 7.52. The van der Waals surface area contributed by atoms with Gasteiger partial charge in [0.05, 0.1) is 6.04 Å². The molecule has 0 saturated carbocycles. The Labute approximate surface area is 212 Å². The quantitative estimate of drug-likeness (QED) is 0.322. The standard InChI is InChI=1S/C29H36N2O5/c1-4-5-16-22(26(32)25-24(27(25)33)21-14-10-7-11-15-21)30-28(34)23(17-19(2)3)31-29(35)36-18-20-12-8-6-9-13-20/h6-15,19,22-23,26,32H,4-5,16-18H2,1-3H3,(H,30,34)(H,31,35)/t22-,23-,26?/m0/s1. The zero-order chi connectivity index (χ0) is 26.1. The number of benzene rings is 2. The number of carbonyl (C=O) groups is 2. The Balaban J connectivity index is 1.68. The van der Waals surface area contributed by atoms with Crippen molar-refractivity contribution < 1.29 is 19.4 Å². The molecule has 3 rings (SSSR count). The number of carbonyl (C=O) groups excluding carboxylic acids is 2. The van der Waals surface area contributed by atoms with Gasteiger partial charge in [-0.2, -0.15) is 0 Å². The van der Waals surface area contributed by atoms with Crippen molar-refractivity contribution in [2.75, 3.05) is 0 Å². The lowest BCUT2D eigenvalue weighted by Crippen LogP contribution is -2.51. The molecule has 3 aromatic rings. The normalized spacial score (nSPS) is 13.8. The van der Waals surface area contributed by atoms with E-state index in [4.69, 9.17) is 4.74 Å². The molecule has 0 aliphatic carbocycles. The fourth-order valence-electron chi connectivity index (χ4n) is 4.18. The maximum atomic E-state index is 13.2. The van der Waals surface area contributed by atoms with Crippen LogP contribution in [0.4, 0.5) is 4.79 Å². The lowest BCUT2D eigenvalue weighted by Gasteiger charge is -2.26. The smallest absolute Gasteiger partial charge is 0.408 e.